The molecule has 0 aromatic heterocycles. The normalized spacial score (nSPS) is 11.2. The summed E-state index contributed by atoms with van der Waals surface area (Å²) >= 11 is 0. The number of carbonyl (C=O) groups is 1. The van der Waals surface area contributed by atoms with Crippen LogP contribution >= 0.6 is 0 Å². The van der Waals surface area contributed by atoms with Crippen molar-refractivity contribution >= 4 is 30.3 Å². The first kappa shape index (κ1) is 16.5. The molecule has 0 amide bonds. The Kier molecular flexibility index (Phi) is 5.22. The smallest absolute Gasteiger partial charge is 0.336 e. The van der Waals surface area contributed by atoms with Crippen LogP contribution in [0.3, 0.4) is 0 Å². The van der Waals surface area contributed by atoms with Crippen molar-refractivity contribution in [2.75, 3.05) is 0 Å². The first-order valence-corrected chi connectivity index (χ1v) is 8.06. The Labute approximate surface area is 147 Å². The van der Waals surface area contributed by atoms with E-state index in [0.717, 1.165) is 16.7 Å². The van der Waals surface area contributed by atoms with Gasteiger partial charge in [-0.25, -0.2) is 4.79 Å². The molecule has 3 aromatic carbocycles. The van der Waals surface area contributed by atoms with Crippen LogP contribution in [0.2, 0.25) is 0 Å². The summed E-state index contributed by atoms with van der Waals surface area (Å²) in [4.78, 5) is 11.6. The predicted octanol–water partition coefficient (Wildman–Crippen LogP) is 5.73. The molecule has 3 aromatic rings. The summed E-state index contributed by atoms with van der Waals surface area (Å²) < 4.78 is 0. The first-order chi connectivity index (χ1) is 12.2. The lowest BCUT2D eigenvalue weighted by molar-refractivity contribution is 0.0696. The molecule has 3 rings (SSSR count). The van der Waals surface area contributed by atoms with Crippen molar-refractivity contribution in [1.82, 2.24) is 0 Å². The topological polar surface area (TPSA) is 37.3 Å². The maximum atomic E-state index is 11.6. The molecule has 0 radical (unpaired) electrons. The van der Waals surface area contributed by atoms with Gasteiger partial charge in [-0.2, -0.15) is 0 Å². The van der Waals surface area contributed by atoms with E-state index in [-0.39, 0.29) is 0 Å². The molecule has 0 unspecified atom stereocenters. The van der Waals surface area contributed by atoms with Crippen molar-refractivity contribution in [3.05, 3.63) is 107 Å². The highest BCUT2D eigenvalue weighted by Gasteiger charge is 2.10. The number of aromatic carboxylic acids is 1. The Hall–Kier alpha value is -3.39. The lowest BCUT2D eigenvalue weighted by Gasteiger charge is -2.06. The van der Waals surface area contributed by atoms with Gasteiger partial charge in [-0.15, -0.1) is 0 Å². The minimum atomic E-state index is -0.928. The van der Waals surface area contributed by atoms with Crippen LogP contribution < -0.4 is 0 Å². The van der Waals surface area contributed by atoms with Gasteiger partial charge in [0.05, 0.1) is 5.56 Å². The van der Waals surface area contributed by atoms with Crippen molar-refractivity contribution < 1.29 is 9.90 Å². The summed E-state index contributed by atoms with van der Waals surface area (Å²) in [6.07, 6.45) is 7.73. The van der Waals surface area contributed by atoms with Crippen molar-refractivity contribution in [2.45, 2.75) is 0 Å². The molecule has 0 bridgehead atoms. The van der Waals surface area contributed by atoms with E-state index < -0.39 is 5.97 Å². The quantitative estimate of drug-likeness (QED) is 0.608. The molecule has 0 spiro atoms. The third kappa shape index (κ3) is 4.33. The van der Waals surface area contributed by atoms with Gasteiger partial charge in [0.25, 0.3) is 0 Å². The Balaban J connectivity index is 2.00. The maximum Gasteiger partial charge on any atom is 0.336 e. The van der Waals surface area contributed by atoms with Crippen molar-refractivity contribution in [2.24, 2.45) is 0 Å². The van der Waals surface area contributed by atoms with Gasteiger partial charge in [-0.05, 0) is 28.3 Å². The van der Waals surface area contributed by atoms with E-state index >= 15 is 0 Å². The Morgan fingerprint density at radius 3 is 1.76 bits per heavy atom. The van der Waals surface area contributed by atoms with Crippen molar-refractivity contribution in [3.8, 4) is 0 Å². The molecule has 0 aliphatic carbocycles. The van der Waals surface area contributed by atoms with E-state index in [1.165, 1.54) is 0 Å². The molecular weight excluding hydrogens is 308 g/mol. The monoisotopic (exact) mass is 326 g/mol. The van der Waals surface area contributed by atoms with Crippen molar-refractivity contribution in [1.29, 1.82) is 0 Å². The van der Waals surface area contributed by atoms with Crippen LogP contribution in [-0.2, 0) is 0 Å². The molecule has 1 N–H and O–H groups in total. The second-order valence-corrected chi connectivity index (χ2v) is 5.60. The van der Waals surface area contributed by atoms with E-state index in [1.54, 1.807) is 12.1 Å². The second kappa shape index (κ2) is 7.93. The van der Waals surface area contributed by atoms with Gasteiger partial charge < -0.3 is 5.11 Å². The van der Waals surface area contributed by atoms with Gasteiger partial charge in [-0.1, -0.05) is 97.1 Å². The average Bonchev–Trinajstić information content (AvgIpc) is 2.66. The number of benzene rings is 3. The summed E-state index contributed by atoms with van der Waals surface area (Å²) in [5, 5.41) is 9.51. The number of hydrogen-bond donors (Lipinski definition) is 1. The molecule has 0 fully saturated rings. The zero-order valence-electron chi connectivity index (χ0n) is 13.7. The summed E-state index contributed by atoms with van der Waals surface area (Å²) in [5.74, 6) is -0.928. The fourth-order valence-corrected chi connectivity index (χ4v) is 2.59. The fraction of sp³-hybridized carbons (Fsp3) is 0. The molecule has 0 atom stereocenters. The molecule has 0 heterocycles. The zero-order valence-corrected chi connectivity index (χ0v) is 13.7. The van der Waals surface area contributed by atoms with E-state index in [2.05, 4.69) is 0 Å². The highest BCUT2D eigenvalue weighted by atomic mass is 16.4. The van der Waals surface area contributed by atoms with Gasteiger partial charge in [0.1, 0.15) is 0 Å². The maximum absolute atomic E-state index is 11.6. The van der Waals surface area contributed by atoms with Crippen LogP contribution in [0.15, 0.2) is 78.9 Å². The van der Waals surface area contributed by atoms with E-state index in [1.807, 2.05) is 91.0 Å². The third-order valence-electron chi connectivity index (χ3n) is 3.87. The summed E-state index contributed by atoms with van der Waals surface area (Å²) in [6.45, 7) is 0. The highest BCUT2D eigenvalue weighted by molar-refractivity contribution is 5.96. The molecule has 25 heavy (non-hydrogen) atoms. The van der Waals surface area contributed by atoms with Crippen LogP contribution in [0.4, 0.5) is 0 Å². The number of carboxylic acid groups (broad SMARTS) is 1. The van der Waals surface area contributed by atoms with E-state index in [4.69, 9.17) is 0 Å². The largest absolute Gasteiger partial charge is 0.478 e. The molecule has 2 heteroatoms. The number of carboxylic acids is 1. The molecule has 0 aliphatic heterocycles. The van der Waals surface area contributed by atoms with Gasteiger partial charge >= 0.3 is 5.97 Å². The lowest BCUT2D eigenvalue weighted by Crippen LogP contribution is -2.00. The molecule has 0 saturated heterocycles. The zero-order chi connectivity index (χ0) is 17.5. The van der Waals surface area contributed by atoms with Crippen LogP contribution in [0, 0.1) is 0 Å². The van der Waals surface area contributed by atoms with Crippen LogP contribution in [0.1, 0.15) is 32.6 Å². The highest BCUT2D eigenvalue weighted by Crippen LogP contribution is 2.21. The molecule has 0 saturated carbocycles. The second-order valence-electron chi connectivity index (χ2n) is 5.60. The Morgan fingerprint density at radius 2 is 1.20 bits per heavy atom. The Morgan fingerprint density at radius 1 is 0.640 bits per heavy atom. The van der Waals surface area contributed by atoms with Gasteiger partial charge in [0, 0.05) is 0 Å². The summed E-state index contributed by atoms with van der Waals surface area (Å²) in [7, 11) is 0. The van der Waals surface area contributed by atoms with E-state index in [9.17, 15) is 9.90 Å². The molecule has 0 aliphatic rings. The summed E-state index contributed by atoms with van der Waals surface area (Å²) in [5.41, 5.74) is 3.96. The van der Waals surface area contributed by atoms with Gasteiger partial charge in [0.15, 0.2) is 0 Å². The standard InChI is InChI=1S/C23H18O2/c24-23(25)22-13-7-12-20(16-14-18-8-3-1-4-9-18)21(22)17-15-19-10-5-2-6-11-19/h1-17H,(H,24,25). The average molecular weight is 326 g/mol. The van der Waals surface area contributed by atoms with E-state index in [0.29, 0.717) is 11.1 Å². The molecular formula is C23H18O2. The van der Waals surface area contributed by atoms with Gasteiger partial charge in [-0.3, -0.25) is 0 Å². The molecule has 122 valence electrons. The molecule has 2 nitrogen and oxygen atoms in total. The van der Waals surface area contributed by atoms with Crippen LogP contribution in [-0.4, -0.2) is 11.1 Å². The summed E-state index contributed by atoms with van der Waals surface area (Å²) in [6, 6.07) is 25.1. The van der Waals surface area contributed by atoms with Crippen molar-refractivity contribution in [3.63, 3.8) is 0 Å². The van der Waals surface area contributed by atoms with Crippen LogP contribution in [0.5, 0.6) is 0 Å². The Bertz CT molecular complexity index is 907. The fourth-order valence-electron chi connectivity index (χ4n) is 2.59. The minimum absolute atomic E-state index is 0.294. The number of hydrogen-bond acceptors (Lipinski definition) is 1. The number of rotatable bonds is 5. The van der Waals surface area contributed by atoms with Gasteiger partial charge in [0.2, 0.25) is 0 Å². The predicted molar refractivity (Wildman–Crippen MR) is 104 cm³/mol. The van der Waals surface area contributed by atoms with Crippen LogP contribution in [0.25, 0.3) is 24.3 Å². The lowest BCUT2D eigenvalue weighted by atomic mass is 9.98. The first-order valence-electron chi connectivity index (χ1n) is 8.06. The SMILES string of the molecule is O=C(O)c1cccc(C=Cc2ccccc2)c1C=Cc1ccccc1. The third-order valence-corrected chi connectivity index (χ3v) is 3.87. The minimum Gasteiger partial charge on any atom is -0.478 e.